The molecule has 0 fully saturated rings. The average molecular weight is 432 g/mol. The summed E-state index contributed by atoms with van der Waals surface area (Å²) in [6.45, 7) is 2.38. The van der Waals surface area contributed by atoms with E-state index in [2.05, 4.69) is 20.9 Å². The number of hydrogen-bond donors (Lipinski definition) is 0. The predicted molar refractivity (Wildman–Crippen MR) is 93.3 cm³/mol. The number of ether oxygens (including phenoxy) is 1. The van der Waals surface area contributed by atoms with E-state index in [0.29, 0.717) is 22.5 Å². The second-order valence-electron chi connectivity index (χ2n) is 4.73. The normalized spacial score (nSPS) is 11.6. The Morgan fingerprint density at radius 3 is 2.50 bits per heavy atom. The molecule has 0 aliphatic rings. The highest BCUT2D eigenvalue weighted by molar-refractivity contribution is 9.10. The molecule has 1 aromatic carbocycles. The molecule has 3 rings (SSSR count). The molecule has 0 aliphatic carbocycles. The highest BCUT2D eigenvalue weighted by atomic mass is 79.9. The maximum Gasteiger partial charge on any atom is 0.358 e. The molecular weight excluding hydrogens is 420 g/mol. The van der Waals surface area contributed by atoms with E-state index in [1.165, 1.54) is 16.5 Å². The van der Waals surface area contributed by atoms with Crippen LogP contribution in [0.4, 0.5) is 0 Å². The van der Waals surface area contributed by atoms with Crippen LogP contribution in [0.5, 0.6) is 11.5 Å². The molecule has 9 heteroatoms. The van der Waals surface area contributed by atoms with E-state index in [1.54, 1.807) is 30.5 Å². The second-order valence-corrected chi connectivity index (χ2v) is 7.46. The van der Waals surface area contributed by atoms with Gasteiger partial charge in [-0.15, -0.1) is 0 Å². The third kappa shape index (κ3) is 3.35. The second kappa shape index (κ2) is 6.62. The van der Waals surface area contributed by atoms with Crippen molar-refractivity contribution < 1.29 is 17.3 Å². The average Bonchev–Trinajstić information content (AvgIpc) is 2.85. The summed E-state index contributed by atoms with van der Waals surface area (Å²) in [6, 6.07) is 9.65. The van der Waals surface area contributed by atoms with Crippen molar-refractivity contribution >= 4 is 43.3 Å². The molecule has 2 heterocycles. The largest absolute Gasteiger partial charge is 0.494 e. The lowest BCUT2D eigenvalue weighted by Crippen LogP contribution is -2.12. The van der Waals surface area contributed by atoms with Gasteiger partial charge in [0.1, 0.15) is 17.1 Å². The number of rotatable bonds is 5. The smallest absolute Gasteiger partial charge is 0.358 e. The van der Waals surface area contributed by atoms with Crippen LogP contribution in [0, 0.1) is 0 Å². The topological polar surface area (TPSA) is 69.9 Å². The molecular formula is C15H12BrClN2O4S. The van der Waals surface area contributed by atoms with E-state index in [4.69, 9.17) is 20.5 Å². The van der Waals surface area contributed by atoms with Crippen LogP contribution < -0.4 is 8.92 Å². The highest BCUT2D eigenvalue weighted by Crippen LogP contribution is 2.28. The zero-order valence-corrected chi connectivity index (χ0v) is 15.6. The van der Waals surface area contributed by atoms with Gasteiger partial charge in [0.05, 0.1) is 6.61 Å². The lowest BCUT2D eigenvalue weighted by Gasteiger charge is -2.08. The minimum atomic E-state index is -4.16. The van der Waals surface area contributed by atoms with Gasteiger partial charge in [0.2, 0.25) is 5.03 Å². The van der Waals surface area contributed by atoms with Gasteiger partial charge in [-0.1, -0.05) is 11.6 Å². The van der Waals surface area contributed by atoms with Gasteiger partial charge < -0.3 is 8.92 Å². The van der Waals surface area contributed by atoms with Gasteiger partial charge in [0.15, 0.2) is 5.15 Å². The van der Waals surface area contributed by atoms with Crippen molar-refractivity contribution in [2.24, 2.45) is 0 Å². The summed E-state index contributed by atoms with van der Waals surface area (Å²) in [7, 11) is -4.16. The Morgan fingerprint density at radius 2 is 1.83 bits per heavy atom. The Kier molecular flexibility index (Phi) is 4.71. The molecule has 0 radical (unpaired) electrons. The van der Waals surface area contributed by atoms with Crippen LogP contribution in [0.3, 0.4) is 0 Å². The molecule has 0 aliphatic heterocycles. The number of fused-ring (bicyclic) bond motifs is 1. The Balaban J connectivity index is 1.99. The maximum atomic E-state index is 12.6. The van der Waals surface area contributed by atoms with E-state index in [1.807, 2.05) is 6.92 Å². The van der Waals surface area contributed by atoms with Crippen molar-refractivity contribution in [3.05, 3.63) is 52.2 Å². The minimum Gasteiger partial charge on any atom is -0.494 e. The first kappa shape index (κ1) is 17.1. The van der Waals surface area contributed by atoms with Crippen molar-refractivity contribution in [3.63, 3.8) is 0 Å². The Hall–Kier alpha value is -1.77. The molecule has 126 valence electrons. The fraction of sp³-hybridized carbons (Fsp3) is 0.133. The molecule has 3 aromatic rings. The fourth-order valence-electron chi connectivity index (χ4n) is 2.12. The molecule has 0 saturated carbocycles. The third-order valence-electron chi connectivity index (χ3n) is 3.08. The highest BCUT2D eigenvalue weighted by Gasteiger charge is 2.27. The summed E-state index contributed by atoms with van der Waals surface area (Å²) in [5.74, 6) is 0.776. The van der Waals surface area contributed by atoms with Crippen LogP contribution >= 0.6 is 27.5 Å². The quantitative estimate of drug-likeness (QED) is 0.573. The molecule has 0 saturated heterocycles. The van der Waals surface area contributed by atoms with Gasteiger partial charge >= 0.3 is 10.1 Å². The molecule has 0 bridgehead atoms. The van der Waals surface area contributed by atoms with Crippen molar-refractivity contribution in [2.45, 2.75) is 11.9 Å². The standard InChI is InChI=1S/C15H12BrClN2O4S/c1-2-22-11-4-6-12(7-5-11)23-24(20,21)15-14(17)18-13-8-3-10(16)9-19(13)15/h3-9H,2H2,1H3. The van der Waals surface area contributed by atoms with Gasteiger partial charge in [-0.25, -0.2) is 4.98 Å². The summed E-state index contributed by atoms with van der Waals surface area (Å²) in [5, 5.41) is -0.381. The predicted octanol–water partition coefficient (Wildman–Crippen LogP) is 3.92. The number of nitrogens with zero attached hydrogens (tertiary/aromatic N) is 2. The monoisotopic (exact) mass is 430 g/mol. The van der Waals surface area contributed by atoms with Crippen LogP contribution in [-0.4, -0.2) is 24.4 Å². The Labute approximate surface area is 152 Å². The van der Waals surface area contributed by atoms with Gasteiger partial charge in [0, 0.05) is 10.7 Å². The Bertz CT molecular complexity index is 987. The summed E-state index contributed by atoms with van der Waals surface area (Å²) in [6.07, 6.45) is 1.56. The lowest BCUT2D eigenvalue weighted by molar-refractivity contribution is 0.340. The summed E-state index contributed by atoms with van der Waals surface area (Å²) >= 11 is 9.30. The SMILES string of the molecule is CCOc1ccc(OS(=O)(=O)c2c(Cl)nc3ccc(Br)cn23)cc1. The number of hydrogen-bond acceptors (Lipinski definition) is 5. The van der Waals surface area contributed by atoms with Gasteiger partial charge in [-0.05, 0) is 59.3 Å². The maximum absolute atomic E-state index is 12.6. The van der Waals surface area contributed by atoms with Crippen molar-refractivity contribution in [3.8, 4) is 11.5 Å². The van der Waals surface area contributed by atoms with Gasteiger partial charge in [0.25, 0.3) is 0 Å². The zero-order valence-electron chi connectivity index (χ0n) is 12.4. The van der Waals surface area contributed by atoms with Crippen LogP contribution in [0.25, 0.3) is 5.65 Å². The molecule has 0 N–H and O–H groups in total. The number of halogens is 2. The van der Waals surface area contributed by atoms with Crippen LogP contribution in [-0.2, 0) is 10.1 Å². The molecule has 0 unspecified atom stereocenters. The Morgan fingerprint density at radius 1 is 1.17 bits per heavy atom. The van der Waals surface area contributed by atoms with Crippen molar-refractivity contribution in [1.82, 2.24) is 9.38 Å². The lowest BCUT2D eigenvalue weighted by atomic mass is 10.3. The minimum absolute atomic E-state index is 0.152. The van der Waals surface area contributed by atoms with E-state index < -0.39 is 10.1 Å². The van der Waals surface area contributed by atoms with E-state index in [0.717, 1.165) is 0 Å². The van der Waals surface area contributed by atoms with Crippen molar-refractivity contribution in [1.29, 1.82) is 0 Å². The third-order valence-corrected chi connectivity index (χ3v) is 5.20. The van der Waals surface area contributed by atoms with Crippen molar-refractivity contribution in [2.75, 3.05) is 6.61 Å². The fourth-order valence-corrected chi connectivity index (χ4v) is 4.00. The molecule has 0 spiro atoms. The molecule has 2 aromatic heterocycles. The molecule has 6 nitrogen and oxygen atoms in total. The number of imidazole rings is 1. The molecule has 24 heavy (non-hydrogen) atoms. The van der Waals surface area contributed by atoms with Crippen LogP contribution in [0.1, 0.15) is 6.92 Å². The first-order chi connectivity index (χ1) is 11.4. The summed E-state index contributed by atoms with van der Waals surface area (Å²) < 4.78 is 37.7. The zero-order chi connectivity index (χ0) is 17.3. The van der Waals surface area contributed by atoms with E-state index >= 15 is 0 Å². The van der Waals surface area contributed by atoms with E-state index in [-0.39, 0.29) is 15.9 Å². The number of benzene rings is 1. The number of pyridine rings is 1. The number of aromatic nitrogens is 2. The van der Waals surface area contributed by atoms with Gasteiger partial charge in [-0.3, -0.25) is 4.40 Å². The first-order valence-corrected chi connectivity index (χ1v) is 9.49. The van der Waals surface area contributed by atoms with Crippen LogP contribution in [0.15, 0.2) is 52.1 Å². The summed E-state index contributed by atoms with van der Waals surface area (Å²) in [5.41, 5.74) is 0.400. The van der Waals surface area contributed by atoms with Crippen LogP contribution in [0.2, 0.25) is 5.15 Å². The molecule has 0 atom stereocenters. The first-order valence-electron chi connectivity index (χ1n) is 6.91. The van der Waals surface area contributed by atoms with E-state index in [9.17, 15) is 8.42 Å². The summed E-state index contributed by atoms with van der Waals surface area (Å²) in [4.78, 5) is 4.03. The molecule has 0 amide bonds. The van der Waals surface area contributed by atoms with Gasteiger partial charge in [-0.2, -0.15) is 8.42 Å².